The van der Waals surface area contributed by atoms with Crippen molar-refractivity contribution in [1.82, 2.24) is 5.32 Å². The summed E-state index contributed by atoms with van der Waals surface area (Å²) in [7, 11) is 0. The number of para-hydroxylation sites is 2. The molecule has 0 aliphatic carbocycles. The Bertz CT molecular complexity index is 1630. The van der Waals surface area contributed by atoms with Gasteiger partial charge in [0.25, 0.3) is 0 Å². The molecule has 0 unspecified atom stereocenters. The van der Waals surface area contributed by atoms with Gasteiger partial charge in [-0.15, -0.1) is 0 Å². The van der Waals surface area contributed by atoms with Crippen LogP contribution >= 0.6 is 0 Å². The van der Waals surface area contributed by atoms with E-state index in [1.807, 2.05) is 109 Å². The predicted molar refractivity (Wildman–Crippen MR) is 164 cm³/mol. The van der Waals surface area contributed by atoms with E-state index in [1.165, 1.54) is 0 Å². The number of nitrogens with one attached hydrogen (secondary N) is 1. The van der Waals surface area contributed by atoms with Crippen LogP contribution in [0.2, 0.25) is 0 Å². The van der Waals surface area contributed by atoms with Crippen LogP contribution < -0.4 is 20.7 Å². The van der Waals surface area contributed by atoms with Crippen LogP contribution in [0.1, 0.15) is 29.5 Å². The lowest BCUT2D eigenvalue weighted by Gasteiger charge is -2.25. The number of rotatable bonds is 11. The molecule has 0 atom stereocenters. The number of amides is 2. The highest BCUT2D eigenvalue weighted by Gasteiger charge is 2.21. The number of carbonyl (C=O) groups excluding carboxylic acids is 2. The third kappa shape index (κ3) is 7.18. The van der Waals surface area contributed by atoms with E-state index in [0.717, 1.165) is 27.5 Å². The van der Waals surface area contributed by atoms with Crippen LogP contribution in [0.15, 0.2) is 121 Å². The fourth-order valence-corrected chi connectivity index (χ4v) is 4.79. The smallest absolute Gasteiger partial charge is 0.227 e. The highest BCUT2D eigenvalue weighted by Crippen LogP contribution is 2.34. The van der Waals surface area contributed by atoms with Crippen LogP contribution in [0.4, 0.5) is 5.69 Å². The molecule has 0 saturated carbocycles. The van der Waals surface area contributed by atoms with Crippen molar-refractivity contribution < 1.29 is 14.3 Å². The van der Waals surface area contributed by atoms with E-state index in [0.29, 0.717) is 36.8 Å². The largest absolute Gasteiger partial charge is 0.455 e. The molecule has 0 saturated heterocycles. The lowest BCUT2D eigenvalue weighted by atomic mass is 10.0. The Balaban J connectivity index is 1.31. The SMILES string of the molecule is NCc1cccc(Oc2ccccc2N(Cc2ccccc2)C(=O)CCC(=O)NCc2cccc3ccccc23)c1. The Morgan fingerprint density at radius 1 is 0.732 bits per heavy atom. The second kappa shape index (κ2) is 13.4. The fourth-order valence-electron chi connectivity index (χ4n) is 4.79. The topological polar surface area (TPSA) is 84.7 Å². The van der Waals surface area contributed by atoms with Gasteiger partial charge in [0.15, 0.2) is 5.75 Å². The van der Waals surface area contributed by atoms with Crippen LogP contribution in [0.5, 0.6) is 11.5 Å². The first kappa shape index (κ1) is 27.6. The molecule has 5 rings (SSSR count). The highest BCUT2D eigenvalue weighted by molar-refractivity contribution is 5.96. The number of hydrogen-bond acceptors (Lipinski definition) is 4. The third-order valence-corrected chi connectivity index (χ3v) is 6.92. The molecule has 0 aliphatic rings. The predicted octanol–water partition coefficient (Wildman–Crippen LogP) is 6.72. The molecule has 5 aromatic rings. The highest BCUT2D eigenvalue weighted by atomic mass is 16.5. The second-order valence-electron chi connectivity index (χ2n) is 9.80. The Hall–Kier alpha value is -4.94. The van der Waals surface area contributed by atoms with Crippen molar-refractivity contribution in [3.05, 3.63) is 138 Å². The average Bonchev–Trinajstić information content (AvgIpc) is 3.02. The zero-order valence-corrected chi connectivity index (χ0v) is 22.8. The maximum atomic E-state index is 13.7. The standard InChI is InChI=1S/C35H33N3O3/c36-23-27-12-8-16-30(22-27)41-33-19-7-6-18-32(33)38(25-26-10-2-1-3-11-26)35(40)21-20-34(39)37-24-29-15-9-14-28-13-4-5-17-31(28)29/h1-19,22H,20-21,23-25,36H2,(H,37,39). The van der Waals surface area contributed by atoms with Gasteiger partial charge in [-0.05, 0) is 51.7 Å². The van der Waals surface area contributed by atoms with Crippen LogP contribution in [0.25, 0.3) is 10.8 Å². The van der Waals surface area contributed by atoms with Gasteiger partial charge in [0.1, 0.15) is 5.75 Å². The molecular formula is C35H33N3O3. The first-order chi connectivity index (χ1) is 20.1. The van der Waals surface area contributed by atoms with Crippen molar-refractivity contribution in [2.75, 3.05) is 4.90 Å². The first-order valence-corrected chi connectivity index (χ1v) is 13.7. The minimum atomic E-state index is -0.172. The summed E-state index contributed by atoms with van der Waals surface area (Å²) in [6.45, 7) is 1.15. The molecule has 5 aromatic carbocycles. The van der Waals surface area contributed by atoms with E-state index < -0.39 is 0 Å². The normalized spacial score (nSPS) is 10.8. The van der Waals surface area contributed by atoms with Crippen molar-refractivity contribution in [3.63, 3.8) is 0 Å². The van der Waals surface area contributed by atoms with Gasteiger partial charge in [0, 0.05) is 25.9 Å². The molecule has 2 amide bonds. The molecule has 206 valence electrons. The van der Waals surface area contributed by atoms with Gasteiger partial charge in [0.2, 0.25) is 11.8 Å². The maximum Gasteiger partial charge on any atom is 0.227 e. The van der Waals surface area contributed by atoms with Crippen molar-refractivity contribution in [1.29, 1.82) is 0 Å². The van der Waals surface area contributed by atoms with Crippen molar-refractivity contribution >= 4 is 28.3 Å². The summed E-state index contributed by atoms with van der Waals surface area (Å²) in [6.07, 6.45) is 0.141. The van der Waals surface area contributed by atoms with Crippen molar-refractivity contribution in [3.8, 4) is 11.5 Å². The molecule has 0 fully saturated rings. The van der Waals surface area contributed by atoms with Crippen LogP contribution in [-0.2, 0) is 29.2 Å². The summed E-state index contributed by atoms with van der Waals surface area (Å²) < 4.78 is 6.24. The van der Waals surface area contributed by atoms with E-state index in [1.54, 1.807) is 4.90 Å². The molecule has 41 heavy (non-hydrogen) atoms. The van der Waals surface area contributed by atoms with E-state index >= 15 is 0 Å². The molecule has 0 spiro atoms. The molecule has 0 heterocycles. The number of anilines is 1. The van der Waals surface area contributed by atoms with Gasteiger partial charge in [0.05, 0.1) is 12.2 Å². The maximum absolute atomic E-state index is 13.7. The van der Waals surface area contributed by atoms with Crippen LogP contribution in [0.3, 0.4) is 0 Å². The number of nitrogens with two attached hydrogens (primary N) is 1. The fraction of sp³-hybridized carbons (Fsp3) is 0.143. The van der Waals surface area contributed by atoms with E-state index in [2.05, 4.69) is 17.4 Å². The Labute approximate surface area is 240 Å². The molecule has 3 N–H and O–H groups in total. The zero-order chi connectivity index (χ0) is 28.4. The van der Waals surface area contributed by atoms with Gasteiger partial charge in [-0.1, -0.05) is 97.1 Å². The van der Waals surface area contributed by atoms with Gasteiger partial charge in [-0.3, -0.25) is 9.59 Å². The third-order valence-electron chi connectivity index (χ3n) is 6.92. The molecule has 0 bridgehead atoms. The summed E-state index contributed by atoms with van der Waals surface area (Å²) >= 11 is 0. The quantitative estimate of drug-likeness (QED) is 0.194. The molecule has 6 nitrogen and oxygen atoms in total. The summed E-state index contributed by atoms with van der Waals surface area (Å²) in [4.78, 5) is 28.2. The number of ether oxygens (including phenoxy) is 1. The Kier molecular flexibility index (Phi) is 9.04. The van der Waals surface area contributed by atoms with Crippen LogP contribution in [0, 0.1) is 0 Å². The number of carbonyl (C=O) groups is 2. The zero-order valence-electron chi connectivity index (χ0n) is 22.8. The molecular weight excluding hydrogens is 510 g/mol. The molecule has 0 radical (unpaired) electrons. The summed E-state index contributed by atoms with van der Waals surface area (Å²) in [5.41, 5.74) is 9.41. The number of benzene rings is 5. The summed E-state index contributed by atoms with van der Waals surface area (Å²) in [5, 5.41) is 5.22. The summed E-state index contributed by atoms with van der Waals surface area (Å²) in [5.74, 6) is 0.849. The first-order valence-electron chi connectivity index (χ1n) is 13.7. The monoisotopic (exact) mass is 543 g/mol. The number of nitrogens with zero attached hydrogens (tertiary/aromatic N) is 1. The van der Waals surface area contributed by atoms with Crippen molar-refractivity contribution in [2.45, 2.75) is 32.5 Å². The van der Waals surface area contributed by atoms with Crippen LogP contribution in [-0.4, -0.2) is 11.8 Å². The van der Waals surface area contributed by atoms with Gasteiger partial charge < -0.3 is 20.7 Å². The summed E-state index contributed by atoms with van der Waals surface area (Å²) in [6, 6.07) is 39.0. The van der Waals surface area contributed by atoms with Gasteiger partial charge >= 0.3 is 0 Å². The number of fused-ring (bicyclic) bond motifs is 1. The minimum absolute atomic E-state index is 0.0607. The lowest BCUT2D eigenvalue weighted by molar-refractivity contribution is -0.125. The molecule has 0 aliphatic heterocycles. The minimum Gasteiger partial charge on any atom is -0.455 e. The van der Waals surface area contributed by atoms with Crippen molar-refractivity contribution in [2.24, 2.45) is 5.73 Å². The van der Waals surface area contributed by atoms with E-state index in [9.17, 15) is 9.59 Å². The lowest BCUT2D eigenvalue weighted by Crippen LogP contribution is -2.32. The molecule has 6 heteroatoms. The second-order valence-corrected chi connectivity index (χ2v) is 9.80. The Morgan fingerprint density at radius 2 is 1.44 bits per heavy atom. The molecule has 0 aromatic heterocycles. The van der Waals surface area contributed by atoms with Gasteiger partial charge in [-0.25, -0.2) is 0 Å². The number of hydrogen-bond donors (Lipinski definition) is 2. The Morgan fingerprint density at radius 3 is 2.29 bits per heavy atom. The average molecular weight is 544 g/mol. The van der Waals surface area contributed by atoms with E-state index in [4.69, 9.17) is 10.5 Å². The van der Waals surface area contributed by atoms with E-state index in [-0.39, 0.29) is 24.7 Å². The van der Waals surface area contributed by atoms with Gasteiger partial charge in [-0.2, -0.15) is 0 Å².